The predicted octanol–water partition coefficient (Wildman–Crippen LogP) is 8.93. The number of benzene rings is 7. The molecule has 0 aliphatic rings. The normalized spacial score (nSPS) is 11.3. The van der Waals surface area contributed by atoms with Gasteiger partial charge in [0.2, 0.25) is 0 Å². The lowest BCUT2D eigenvalue weighted by Gasteiger charge is -2.34. The van der Waals surface area contributed by atoms with E-state index in [1.165, 1.54) is 20.7 Å². The summed E-state index contributed by atoms with van der Waals surface area (Å²) >= 11 is 0. The summed E-state index contributed by atoms with van der Waals surface area (Å²) in [6.45, 7) is 15.5. The van der Waals surface area contributed by atoms with Gasteiger partial charge in [-0.1, -0.05) is 152 Å². The average molecular weight is 628 g/mol. The molecule has 0 saturated heterocycles. The maximum Gasteiger partial charge on any atom is 0.189 e. The van der Waals surface area contributed by atoms with Gasteiger partial charge in [-0.3, -0.25) is 0 Å². The van der Waals surface area contributed by atoms with Gasteiger partial charge in [-0.2, -0.15) is 0 Å². The topological polar surface area (TPSA) is 13.6 Å². The van der Waals surface area contributed by atoms with Gasteiger partial charge in [0.25, 0.3) is 0 Å². The number of para-hydroxylation sites is 1. The Morgan fingerprint density at radius 3 is 1.48 bits per heavy atom. The third-order valence-electron chi connectivity index (χ3n) is 9.39. The molecule has 0 N–H and O–H groups in total. The van der Waals surface area contributed by atoms with Crippen molar-refractivity contribution in [3.05, 3.63) is 199 Å². The van der Waals surface area contributed by atoms with Crippen molar-refractivity contribution in [2.24, 2.45) is 0 Å². The predicted molar refractivity (Wildman–Crippen MR) is 202 cm³/mol. The van der Waals surface area contributed by atoms with E-state index in [4.69, 9.17) is 13.1 Å². The van der Waals surface area contributed by atoms with Gasteiger partial charge in [-0.15, -0.1) is 0 Å². The highest BCUT2D eigenvalue weighted by Gasteiger charge is 2.41. The van der Waals surface area contributed by atoms with Crippen molar-refractivity contribution in [2.75, 3.05) is 0 Å². The van der Waals surface area contributed by atoms with Crippen LogP contribution in [-0.2, 0) is 0 Å². The van der Waals surface area contributed by atoms with E-state index in [1.807, 2.05) is 42.5 Å². The lowest BCUT2D eigenvalue weighted by molar-refractivity contribution is 1.18. The van der Waals surface area contributed by atoms with Crippen molar-refractivity contribution in [1.29, 1.82) is 0 Å². The first-order valence-electron chi connectivity index (χ1n) is 15.9. The van der Waals surface area contributed by atoms with Gasteiger partial charge in [0.05, 0.1) is 24.2 Å². The molecule has 3 nitrogen and oxygen atoms in total. The fraction of sp³-hybridized carbons (Fsp3) is 0. The van der Waals surface area contributed by atoms with Crippen LogP contribution in [-0.4, -0.2) is 12.6 Å². The Kier molecular flexibility index (Phi) is 7.27. The van der Waals surface area contributed by atoms with E-state index >= 15 is 0 Å². The summed E-state index contributed by atoms with van der Waals surface area (Å²) in [5, 5.41) is 7.41. The fourth-order valence-electron chi connectivity index (χ4n) is 7.27. The van der Waals surface area contributed by atoms with Crippen LogP contribution in [0.5, 0.6) is 0 Å². The largest absolute Gasteiger partial charge is 0.310 e. The van der Waals surface area contributed by atoms with Crippen molar-refractivity contribution in [3.8, 4) is 16.8 Å². The highest BCUT2D eigenvalue weighted by atomic mass is 28.3. The van der Waals surface area contributed by atoms with E-state index in [0.717, 1.165) is 38.6 Å². The van der Waals surface area contributed by atoms with Gasteiger partial charge in [0, 0.05) is 16.6 Å². The van der Waals surface area contributed by atoms with E-state index in [-0.39, 0.29) is 0 Å². The van der Waals surface area contributed by atoms with Gasteiger partial charge in [-0.25, -0.2) is 9.69 Å². The first-order chi connectivity index (χ1) is 23.7. The molecular weight excluding hydrogens is 599 g/mol. The summed E-state index contributed by atoms with van der Waals surface area (Å²) in [5.41, 5.74) is 6.29. The summed E-state index contributed by atoms with van der Waals surface area (Å²) in [5.74, 6) is 0. The molecule has 0 aliphatic heterocycles. The maximum atomic E-state index is 7.85. The zero-order valence-corrected chi connectivity index (χ0v) is 27.1. The van der Waals surface area contributed by atoms with Gasteiger partial charge in [0.15, 0.2) is 19.4 Å². The number of fused-ring (bicyclic) bond motifs is 3. The Hall–Kier alpha value is -6.46. The maximum absolute atomic E-state index is 7.85. The Morgan fingerprint density at radius 2 is 0.896 bits per heavy atom. The third-order valence-corrected chi connectivity index (χ3v) is 14.2. The zero-order chi connectivity index (χ0) is 32.5. The minimum absolute atomic E-state index is 0.581. The molecule has 8 aromatic rings. The van der Waals surface area contributed by atoms with Crippen molar-refractivity contribution in [1.82, 2.24) is 4.57 Å². The Bertz CT molecular complexity index is 2410. The molecule has 0 saturated carbocycles. The Balaban J connectivity index is 1.36. The van der Waals surface area contributed by atoms with Crippen LogP contribution in [0.1, 0.15) is 0 Å². The molecule has 0 unspecified atom stereocenters. The number of hydrogen-bond donors (Lipinski definition) is 0. The summed E-state index contributed by atoms with van der Waals surface area (Å²) in [4.78, 5) is 7.51. The van der Waals surface area contributed by atoms with Gasteiger partial charge in [0.1, 0.15) is 0 Å². The molecular formula is C44H29N3Si. The molecule has 0 radical (unpaired) electrons. The monoisotopic (exact) mass is 627 g/mol. The molecule has 0 fully saturated rings. The molecule has 0 amide bonds. The Labute approximate surface area is 281 Å². The number of hydrogen-bond acceptors (Lipinski definition) is 0. The first-order valence-corrected chi connectivity index (χ1v) is 17.9. The second-order valence-electron chi connectivity index (χ2n) is 11.9. The van der Waals surface area contributed by atoms with Crippen LogP contribution in [0, 0.1) is 13.1 Å². The smallest absolute Gasteiger partial charge is 0.189 e. The molecule has 0 atom stereocenters. The molecule has 48 heavy (non-hydrogen) atoms. The van der Waals surface area contributed by atoms with Crippen LogP contribution >= 0.6 is 0 Å². The molecule has 7 aromatic carbocycles. The highest BCUT2D eigenvalue weighted by Crippen LogP contribution is 2.39. The molecule has 0 aliphatic carbocycles. The average Bonchev–Trinajstić information content (AvgIpc) is 3.50. The standard InChI is InChI=1S/C44H29N3Si/c1-45-33-25-29-43-41(30-33)40-20-12-13-21-42(40)47(43)44-31-34(46-2)24-28-39(44)32-22-26-38(27-23-32)48(35-14-6-3-7-15-35,36-16-8-4-9-17-36)37-18-10-5-11-19-37/h3-31H. The highest BCUT2D eigenvalue weighted by molar-refractivity contribution is 7.19. The van der Waals surface area contributed by atoms with E-state index in [2.05, 4.69) is 148 Å². The second kappa shape index (κ2) is 12.0. The molecule has 1 aromatic heterocycles. The van der Waals surface area contributed by atoms with E-state index in [1.54, 1.807) is 0 Å². The summed E-state index contributed by atoms with van der Waals surface area (Å²) in [6.07, 6.45) is 0. The SMILES string of the molecule is [C-]#[N+]c1ccc(-c2ccc([Si](c3ccccc3)(c3ccccc3)c3ccccc3)cc2)c(-n2c3ccccc3c3cc([N+]#[C-])ccc32)c1. The molecule has 0 bridgehead atoms. The van der Waals surface area contributed by atoms with Crippen LogP contribution in [0.15, 0.2) is 176 Å². The lowest BCUT2D eigenvalue weighted by Crippen LogP contribution is -2.74. The minimum atomic E-state index is -2.66. The van der Waals surface area contributed by atoms with E-state index < -0.39 is 8.07 Å². The second-order valence-corrected chi connectivity index (χ2v) is 15.7. The van der Waals surface area contributed by atoms with Gasteiger partial charge < -0.3 is 4.57 Å². The molecule has 4 heteroatoms. The quantitative estimate of drug-likeness (QED) is 0.0993. The first kappa shape index (κ1) is 29.0. The van der Waals surface area contributed by atoms with E-state index in [0.29, 0.717) is 11.4 Å². The summed E-state index contributed by atoms with van der Waals surface area (Å²) < 4.78 is 2.24. The van der Waals surface area contributed by atoms with Gasteiger partial charge >= 0.3 is 0 Å². The van der Waals surface area contributed by atoms with Crippen LogP contribution in [0.4, 0.5) is 11.4 Å². The van der Waals surface area contributed by atoms with Crippen LogP contribution in [0.2, 0.25) is 0 Å². The molecule has 224 valence electrons. The Morgan fingerprint density at radius 1 is 0.417 bits per heavy atom. The third kappa shape index (κ3) is 4.64. The zero-order valence-electron chi connectivity index (χ0n) is 26.1. The van der Waals surface area contributed by atoms with Crippen molar-refractivity contribution in [2.45, 2.75) is 0 Å². The summed E-state index contributed by atoms with van der Waals surface area (Å²) in [6, 6.07) is 62.1. The van der Waals surface area contributed by atoms with Crippen LogP contribution < -0.4 is 20.7 Å². The molecule has 8 rings (SSSR count). The van der Waals surface area contributed by atoms with Crippen LogP contribution in [0.25, 0.3) is 48.3 Å². The number of nitrogens with zero attached hydrogens (tertiary/aromatic N) is 3. The van der Waals surface area contributed by atoms with Crippen molar-refractivity contribution >= 4 is 62.0 Å². The van der Waals surface area contributed by atoms with Crippen LogP contribution in [0.3, 0.4) is 0 Å². The lowest BCUT2D eigenvalue weighted by atomic mass is 10.0. The van der Waals surface area contributed by atoms with Crippen molar-refractivity contribution in [3.63, 3.8) is 0 Å². The van der Waals surface area contributed by atoms with Crippen molar-refractivity contribution < 1.29 is 0 Å². The fourth-order valence-corrected chi connectivity index (χ4v) is 12.0. The number of rotatable bonds is 6. The minimum Gasteiger partial charge on any atom is -0.310 e. The number of aromatic nitrogens is 1. The summed E-state index contributed by atoms with van der Waals surface area (Å²) in [7, 11) is -2.66. The molecule has 0 spiro atoms. The molecule has 1 heterocycles. The van der Waals surface area contributed by atoms with Gasteiger partial charge in [-0.05, 0) is 56.0 Å². The van der Waals surface area contributed by atoms with E-state index in [9.17, 15) is 0 Å².